The van der Waals surface area contributed by atoms with Crippen LogP contribution in [0.15, 0.2) is 48.5 Å². The maximum Gasteiger partial charge on any atom is 0.446 e. The molecule has 10 heteroatoms. The Kier molecular flexibility index (Phi) is 4.37. The molecule has 0 heterocycles. The lowest BCUT2D eigenvalue weighted by atomic mass is 10.1. The summed E-state index contributed by atoms with van der Waals surface area (Å²) >= 11 is 0. The van der Waals surface area contributed by atoms with Gasteiger partial charge < -0.3 is 8.37 Å². The third kappa shape index (κ3) is 5.00. The molecule has 118 valence electrons. The summed E-state index contributed by atoms with van der Waals surface area (Å²) in [5, 5.41) is 0. The molecular formula is C12H10O8S2. The molecule has 0 bridgehead atoms. The van der Waals surface area contributed by atoms with E-state index in [4.69, 9.17) is 9.11 Å². The van der Waals surface area contributed by atoms with Crippen molar-refractivity contribution in [2.75, 3.05) is 0 Å². The van der Waals surface area contributed by atoms with Gasteiger partial charge in [-0.25, -0.2) is 0 Å². The van der Waals surface area contributed by atoms with Crippen molar-refractivity contribution in [1.29, 1.82) is 0 Å². The molecule has 2 aromatic carbocycles. The first-order chi connectivity index (χ1) is 10.1. The molecule has 2 rings (SSSR count). The van der Waals surface area contributed by atoms with Gasteiger partial charge in [0.15, 0.2) is 0 Å². The minimum atomic E-state index is -4.57. The van der Waals surface area contributed by atoms with Crippen molar-refractivity contribution in [3.63, 3.8) is 0 Å². The van der Waals surface area contributed by atoms with Crippen molar-refractivity contribution < 1.29 is 34.3 Å². The Bertz CT molecular complexity index is 777. The number of benzene rings is 2. The second-order valence-corrected chi connectivity index (χ2v) is 6.12. The Hall–Kier alpha value is -2.14. The normalized spacial score (nSPS) is 11.9. The number of hydrogen-bond acceptors (Lipinski definition) is 6. The second kappa shape index (κ2) is 5.93. The predicted octanol–water partition coefficient (Wildman–Crippen LogP) is 1.72. The van der Waals surface area contributed by atoms with Gasteiger partial charge in [0.2, 0.25) is 0 Å². The molecule has 0 radical (unpaired) electrons. The standard InChI is InChI=1S/C12H10O8S2/c13-21(14,15)19-11-5-1-9(2-6-11)10-3-7-12(8-4-10)20-22(16,17)18/h1-8H,(H,13,14,15)(H,16,17,18). The van der Waals surface area contributed by atoms with Gasteiger partial charge in [-0.3, -0.25) is 9.11 Å². The lowest BCUT2D eigenvalue weighted by Crippen LogP contribution is -2.06. The van der Waals surface area contributed by atoms with E-state index >= 15 is 0 Å². The summed E-state index contributed by atoms with van der Waals surface area (Å²) in [6.07, 6.45) is 0. The zero-order valence-corrected chi connectivity index (χ0v) is 12.4. The van der Waals surface area contributed by atoms with Gasteiger partial charge in [0.1, 0.15) is 11.5 Å². The Morgan fingerprint density at radius 3 is 1.09 bits per heavy atom. The lowest BCUT2D eigenvalue weighted by molar-refractivity contribution is 0.384. The largest absolute Gasteiger partial charge is 0.446 e. The number of hydrogen-bond donors (Lipinski definition) is 2. The molecule has 2 aromatic rings. The molecule has 0 amide bonds. The molecule has 0 aliphatic carbocycles. The zero-order valence-electron chi connectivity index (χ0n) is 10.8. The Morgan fingerprint density at radius 2 is 0.864 bits per heavy atom. The van der Waals surface area contributed by atoms with Crippen LogP contribution in [0.1, 0.15) is 0 Å². The van der Waals surface area contributed by atoms with E-state index in [1.807, 2.05) is 0 Å². The Morgan fingerprint density at radius 1 is 0.591 bits per heavy atom. The maximum atomic E-state index is 10.6. The summed E-state index contributed by atoms with van der Waals surface area (Å²) < 4.78 is 67.9. The Balaban J connectivity index is 2.18. The molecule has 22 heavy (non-hydrogen) atoms. The van der Waals surface area contributed by atoms with Crippen molar-refractivity contribution in [2.24, 2.45) is 0 Å². The van der Waals surface area contributed by atoms with E-state index in [0.717, 1.165) is 0 Å². The van der Waals surface area contributed by atoms with Crippen LogP contribution >= 0.6 is 0 Å². The van der Waals surface area contributed by atoms with Crippen LogP contribution in [0, 0.1) is 0 Å². The predicted molar refractivity (Wildman–Crippen MR) is 76.2 cm³/mol. The quantitative estimate of drug-likeness (QED) is 0.783. The maximum absolute atomic E-state index is 10.6. The molecule has 8 nitrogen and oxygen atoms in total. The third-order valence-electron chi connectivity index (χ3n) is 2.45. The van der Waals surface area contributed by atoms with Crippen LogP contribution in [0.25, 0.3) is 11.1 Å². The van der Waals surface area contributed by atoms with Crippen molar-refractivity contribution in [1.82, 2.24) is 0 Å². The summed E-state index contributed by atoms with van der Waals surface area (Å²) in [4.78, 5) is 0. The summed E-state index contributed by atoms with van der Waals surface area (Å²) in [7, 11) is -9.15. The van der Waals surface area contributed by atoms with Crippen molar-refractivity contribution in [2.45, 2.75) is 0 Å². The van der Waals surface area contributed by atoms with E-state index in [2.05, 4.69) is 8.37 Å². The molecule has 0 fully saturated rings. The molecule has 0 aliphatic rings. The molecule has 0 spiro atoms. The van der Waals surface area contributed by atoms with E-state index in [-0.39, 0.29) is 11.5 Å². The first-order valence-corrected chi connectivity index (χ1v) is 8.40. The van der Waals surface area contributed by atoms with Gasteiger partial charge in [-0.05, 0) is 35.4 Å². The van der Waals surface area contributed by atoms with Crippen LogP contribution in [0.4, 0.5) is 0 Å². The number of rotatable bonds is 5. The Labute approximate surface area is 126 Å². The molecular weight excluding hydrogens is 336 g/mol. The average molecular weight is 346 g/mol. The summed E-state index contributed by atoms with van der Waals surface area (Å²) in [5.41, 5.74) is 1.36. The highest BCUT2D eigenvalue weighted by Gasteiger charge is 2.08. The SMILES string of the molecule is O=S(=O)(O)Oc1ccc(-c2ccc(OS(=O)(=O)O)cc2)cc1. The van der Waals surface area contributed by atoms with Crippen molar-refractivity contribution in [3.8, 4) is 22.6 Å². The van der Waals surface area contributed by atoms with Gasteiger partial charge in [-0.15, -0.1) is 0 Å². The van der Waals surface area contributed by atoms with Gasteiger partial charge in [0.25, 0.3) is 0 Å². The first-order valence-electron chi connectivity index (χ1n) is 5.67. The smallest absolute Gasteiger partial charge is 0.362 e. The monoisotopic (exact) mass is 346 g/mol. The van der Waals surface area contributed by atoms with Crippen LogP contribution in [0.5, 0.6) is 11.5 Å². The van der Waals surface area contributed by atoms with Crippen LogP contribution in [-0.2, 0) is 20.8 Å². The van der Waals surface area contributed by atoms with Gasteiger partial charge in [-0.1, -0.05) is 24.3 Å². The van der Waals surface area contributed by atoms with Crippen LogP contribution < -0.4 is 8.37 Å². The summed E-state index contributed by atoms with van der Waals surface area (Å²) in [5.74, 6) is -0.116. The fourth-order valence-corrected chi connectivity index (χ4v) is 2.36. The molecule has 2 N–H and O–H groups in total. The van der Waals surface area contributed by atoms with E-state index < -0.39 is 20.8 Å². The van der Waals surface area contributed by atoms with E-state index in [0.29, 0.717) is 11.1 Å². The summed E-state index contributed by atoms with van der Waals surface area (Å²) in [6, 6.07) is 11.5. The topological polar surface area (TPSA) is 127 Å². The fraction of sp³-hybridized carbons (Fsp3) is 0. The van der Waals surface area contributed by atoms with E-state index in [1.54, 1.807) is 24.3 Å². The zero-order chi connectivity index (χ0) is 16.4. The highest BCUT2D eigenvalue weighted by molar-refractivity contribution is 7.81. The van der Waals surface area contributed by atoms with E-state index in [9.17, 15) is 16.8 Å². The van der Waals surface area contributed by atoms with Gasteiger partial charge in [0.05, 0.1) is 0 Å². The molecule has 0 unspecified atom stereocenters. The highest BCUT2D eigenvalue weighted by Crippen LogP contribution is 2.25. The van der Waals surface area contributed by atoms with E-state index in [1.165, 1.54) is 24.3 Å². The van der Waals surface area contributed by atoms with Crippen molar-refractivity contribution in [3.05, 3.63) is 48.5 Å². The second-order valence-electron chi connectivity index (χ2n) is 4.07. The minimum absolute atomic E-state index is 0.0578. The minimum Gasteiger partial charge on any atom is -0.362 e. The molecule has 0 aliphatic heterocycles. The third-order valence-corrected chi connectivity index (χ3v) is 3.25. The highest BCUT2D eigenvalue weighted by atomic mass is 32.3. The van der Waals surface area contributed by atoms with Gasteiger partial charge >= 0.3 is 20.8 Å². The molecule has 0 atom stereocenters. The van der Waals surface area contributed by atoms with Crippen LogP contribution in [0.2, 0.25) is 0 Å². The average Bonchev–Trinajstić information content (AvgIpc) is 2.37. The molecule has 0 aromatic heterocycles. The fourth-order valence-electron chi connectivity index (χ4n) is 1.65. The van der Waals surface area contributed by atoms with Crippen LogP contribution in [0.3, 0.4) is 0 Å². The van der Waals surface area contributed by atoms with Crippen molar-refractivity contribution >= 4 is 20.8 Å². The molecule has 0 saturated heterocycles. The lowest BCUT2D eigenvalue weighted by Gasteiger charge is -2.06. The van der Waals surface area contributed by atoms with Crippen LogP contribution in [-0.4, -0.2) is 25.9 Å². The first kappa shape index (κ1) is 16.2. The molecule has 0 saturated carbocycles. The van der Waals surface area contributed by atoms with Gasteiger partial charge in [-0.2, -0.15) is 16.8 Å². The summed E-state index contributed by atoms with van der Waals surface area (Å²) in [6.45, 7) is 0. The van der Waals surface area contributed by atoms with Gasteiger partial charge in [0, 0.05) is 0 Å².